The summed E-state index contributed by atoms with van der Waals surface area (Å²) < 4.78 is 13.3. The molecule has 1 fully saturated rings. The molecule has 5 nitrogen and oxygen atoms in total. The van der Waals surface area contributed by atoms with E-state index in [1.165, 1.54) is 12.1 Å². The maximum atomic E-state index is 13.3. The predicted octanol–water partition coefficient (Wildman–Crippen LogP) is 3.45. The zero-order valence-corrected chi connectivity index (χ0v) is 14.3. The Bertz CT molecular complexity index is 852. The molecule has 2 atom stereocenters. The van der Waals surface area contributed by atoms with Gasteiger partial charge in [0.05, 0.1) is 28.2 Å². The fourth-order valence-corrected chi connectivity index (χ4v) is 3.67. The summed E-state index contributed by atoms with van der Waals surface area (Å²) in [6.07, 6.45) is 2.92. The van der Waals surface area contributed by atoms with Crippen molar-refractivity contribution < 1.29 is 19.1 Å². The van der Waals surface area contributed by atoms with E-state index in [2.05, 4.69) is 10.3 Å². The monoisotopic (exact) mass is 344 g/mol. The maximum absolute atomic E-state index is 13.3. The highest BCUT2D eigenvalue weighted by Crippen LogP contribution is 2.34. The van der Waals surface area contributed by atoms with Crippen LogP contribution < -0.4 is 5.32 Å². The number of fused-ring (bicyclic) bond motifs is 1. The van der Waals surface area contributed by atoms with Gasteiger partial charge in [-0.15, -0.1) is 0 Å². The number of aromatic nitrogens is 1. The maximum Gasteiger partial charge on any atom is 0.308 e. The summed E-state index contributed by atoms with van der Waals surface area (Å²) in [6.45, 7) is 3.49. The van der Waals surface area contributed by atoms with Crippen molar-refractivity contribution in [3.63, 3.8) is 0 Å². The fraction of sp³-hybridized carbons (Fsp3) is 0.421. The number of carbonyl (C=O) groups is 2. The van der Waals surface area contributed by atoms with Crippen LogP contribution in [0.5, 0.6) is 0 Å². The lowest BCUT2D eigenvalue weighted by Crippen LogP contribution is -2.55. The number of halogens is 1. The van der Waals surface area contributed by atoms with Gasteiger partial charge in [-0.3, -0.25) is 14.6 Å². The molecular formula is C19H21FN2O3. The third kappa shape index (κ3) is 3.34. The third-order valence-electron chi connectivity index (χ3n) is 5.12. The highest BCUT2D eigenvalue weighted by molar-refractivity contribution is 5.99. The number of hydrogen-bond donors (Lipinski definition) is 2. The molecule has 0 radical (unpaired) electrons. The molecule has 1 aromatic carbocycles. The Balaban J connectivity index is 1.92. The van der Waals surface area contributed by atoms with E-state index in [0.717, 1.165) is 12.8 Å². The van der Waals surface area contributed by atoms with Gasteiger partial charge in [0.1, 0.15) is 5.82 Å². The van der Waals surface area contributed by atoms with Crippen molar-refractivity contribution >= 4 is 22.8 Å². The molecule has 3 rings (SSSR count). The molecule has 0 aliphatic heterocycles. The minimum Gasteiger partial charge on any atom is -0.481 e. The molecule has 2 aromatic rings. The summed E-state index contributed by atoms with van der Waals surface area (Å²) >= 11 is 0. The second-order valence-corrected chi connectivity index (χ2v) is 6.97. The van der Waals surface area contributed by atoms with Gasteiger partial charge in [0.15, 0.2) is 0 Å². The van der Waals surface area contributed by atoms with E-state index in [1.54, 1.807) is 26.0 Å². The van der Waals surface area contributed by atoms with Crippen LogP contribution >= 0.6 is 0 Å². The van der Waals surface area contributed by atoms with Gasteiger partial charge in [-0.25, -0.2) is 4.39 Å². The standard InChI is InChI=1S/C19H21FN2O3/c1-11-14(9-12-6-7-13(20)10-16(12)21-11)17(23)22-19(2)8-4-3-5-15(19)18(24)25/h6-7,9-10,15H,3-5,8H2,1-2H3,(H,22,23)(H,24,25). The van der Waals surface area contributed by atoms with Crippen LogP contribution in [-0.2, 0) is 4.79 Å². The quantitative estimate of drug-likeness (QED) is 0.894. The zero-order chi connectivity index (χ0) is 18.2. The number of pyridine rings is 1. The number of rotatable bonds is 3. The molecule has 1 aliphatic rings. The first kappa shape index (κ1) is 17.3. The van der Waals surface area contributed by atoms with Gasteiger partial charge >= 0.3 is 5.97 Å². The topological polar surface area (TPSA) is 79.3 Å². The van der Waals surface area contributed by atoms with Crippen LogP contribution in [0.2, 0.25) is 0 Å². The average Bonchev–Trinajstić information content (AvgIpc) is 2.53. The summed E-state index contributed by atoms with van der Waals surface area (Å²) in [4.78, 5) is 28.7. The van der Waals surface area contributed by atoms with E-state index in [0.29, 0.717) is 35.0 Å². The van der Waals surface area contributed by atoms with Crippen molar-refractivity contribution in [3.8, 4) is 0 Å². The summed E-state index contributed by atoms with van der Waals surface area (Å²) in [7, 11) is 0. The van der Waals surface area contributed by atoms with E-state index in [-0.39, 0.29) is 11.7 Å². The number of hydrogen-bond acceptors (Lipinski definition) is 3. The smallest absolute Gasteiger partial charge is 0.308 e. The van der Waals surface area contributed by atoms with E-state index in [1.807, 2.05) is 0 Å². The lowest BCUT2D eigenvalue weighted by Gasteiger charge is -2.39. The Morgan fingerprint density at radius 3 is 2.80 bits per heavy atom. The molecule has 2 unspecified atom stereocenters. The molecule has 1 amide bonds. The van der Waals surface area contributed by atoms with Gasteiger partial charge in [0.25, 0.3) is 5.91 Å². The van der Waals surface area contributed by atoms with Crippen molar-refractivity contribution in [2.24, 2.45) is 5.92 Å². The van der Waals surface area contributed by atoms with Gasteiger partial charge < -0.3 is 10.4 Å². The van der Waals surface area contributed by atoms with Gasteiger partial charge in [0, 0.05) is 11.5 Å². The van der Waals surface area contributed by atoms with Crippen molar-refractivity contribution in [2.45, 2.75) is 45.1 Å². The summed E-state index contributed by atoms with van der Waals surface area (Å²) in [5.74, 6) is -2.21. The first-order valence-electron chi connectivity index (χ1n) is 8.42. The van der Waals surface area contributed by atoms with Crippen LogP contribution in [0, 0.1) is 18.7 Å². The molecule has 1 aliphatic carbocycles. The average molecular weight is 344 g/mol. The first-order chi connectivity index (χ1) is 11.8. The number of nitrogens with zero attached hydrogens (tertiary/aromatic N) is 1. The Labute approximate surface area is 145 Å². The number of amides is 1. The van der Waals surface area contributed by atoms with E-state index < -0.39 is 17.4 Å². The summed E-state index contributed by atoms with van der Waals surface area (Å²) in [5, 5.41) is 13.1. The summed E-state index contributed by atoms with van der Waals surface area (Å²) in [6, 6.07) is 5.90. The molecule has 0 bridgehead atoms. The number of carboxylic acid groups (broad SMARTS) is 1. The van der Waals surface area contributed by atoms with Crippen molar-refractivity contribution in [3.05, 3.63) is 41.3 Å². The van der Waals surface area contributed by atoms with Crippen LogP contribution in [-0.4, -0.2) is 27.5 Å². The van der Waals surface area contributed by atoms with Crippen molar-refractivity contribution in [1.29, 1.82) is 0 Å². The molecular weight excluding hydrogens is 323 g/mol. The highest BCUT2D eigenvalue weighted by Gasteiger charge is 2.42. The second-order valence-electron chi connectivity index (χ2n) is 6.97. The molecule has 2 N–H and O–H groups in total. The normalized spacial score (nSPS) is 23.4. The largest absolute Gasteiger partial charge is 0.481 e. The molecule has 132 valence electrons. The predicted molar refractivity (Wildman–Crippen MR) is 91.9 cm³/mol. The fourth-order valence-electron chi connectivity index (χ4n) is 3.67. The lowest BCUT2D eigenvalue weighted by molar-refractivity contribution is -0.145. The Morgan fingerprint density at radius 1 is 1.32 bits per heavy atom. The van der Waals surface area contributed by atoms with E-state index in [9.17, 15) is 19.1 Å². The van der Waals surface area contributed by atoms with Crippen molar-refractivity contribution in [1.82, 2.24) is 10.3 Å². The van der Waals surface area contributed by atoms with E-state index >= 15 is 0 Å². The van der Waals surface area contributed by atoms with Crippen LogP contribution in [0.3, 0.4) is 0 Å². The Morgan fingerprint density at radius 2 is 2.08 bits per heavy atom. The number of carbonyl (C=O) groups excluding carboxylic acids is 1. The van der Waals surface area contributed by atoms with Crippen LogP contribution in [0.15, 0.2) is 24.3 Å². The molecule has 6 heteroatoms. The molecule has 1 aromatic heterocycles. The molecule has 1 saturated carbocycles. The molecule has 1 heterocycles. The van der Waals surface area contributed by atoms with Crippen LogP contribution in [0.25, 0.3) is 10.9 Å². The number of benzene rings is 1. The molecule has 25 heavy (non-hydrogen) atoms. The first-order valence-corrected chi connectivity index (χ1v) is 8.42. The SMILES string of the molecule is Cc1nc2cc(F)ccc2cc1C(=O)NC1(C)CCCCC1C(=O)O. The minimum atomic E-state index is -0.883. The van der Waals surface area contributed by atoms with Crippen LogP contribution in [0.4, 0.5) is 4.39 Å². The van der Waals surface area contributed by atoms with Crippen molar-refractivity contribution in [2.75, 3.05) is 0 Å². The number of nitrogens with one attached hydrogen (secondary N) is 1. The van der Waals surface area contributed by atoms with Crippen LogP contribution in [0.1, 0.15) is 48.7 Å². The number of aliphatic carboxylic acids is 1. The summed E-state index contributed by atoms with van der Waals surface area (Å²) in [5.41, 5.74) is 0.573. The van der Waals surface area contributed by atoms with Gasteiger partial charge in [-0.1, -0.05) is 12.8 Å². The number of aryl methyl sites for hydroxylation is 1. The minimum absolute atomic E-state index is 0.341. The zero-order valence-electron chi connectivity index (χ0n) is 14.3. The lowest BCUT2D eigenvalue weighted by atomic mass is 9.73. The molecule has 0 saturated heterocycles. The Kier molecular flexibility index (Phi) is 4.45. The van der Waals surface area contributed by atoms with Gasteiger partial charge in [-0.05, 0) is 44.9 Å². The highest BCUT2D eigenvalue weighted by atomic mass is 19.1. The second kappa shape index (κ2) is 6.43. The van der Waals surface area contributed by atoms with Gasteiger partial charge in [0.2, 0.25) is 0 Å². The van der Waals surface area contributed by atoms with E-state index in [4.69, 9.17) is 0 Å². The third-order valence-corrected chi connectivity index (χ3v) is 5.12. The molecule has 0 spiro atoms. The Hall–Kier alpha value is -2.50. The number of carboxylic acids is 1. The van der Waals surface area contributed by atoms with Gasteiger partial charge in [-0.2, -0.15) is 0 Å².